The number of carbonyl (C=O) groups is 4. The molecule has 2 fully saturated rings. The molecule has 2 aliphatic carbocycles. The molecule has 8 nitrogen and oxygen atoms in total. The predicted molar refractivity (Wildman–Crippen MR) is 186 cm³/mol. The van der Waals surface area contributed by atoms with Crippen LogP contribution in [0.5, 0.6) is 11.5 Å². The standard InChI is InChI=1S/C34H36Cl6O8/c1-3-5-7-9-33(11-12-33)17-45-29(41)23-25(39)19(35)15-21(37)27(23)47-31(43)32(44)48-28-22(38)16-20(36)26(40)24(28)30(42)46-18-34(13-14-34)10-8-6-4-2/h15-16H,3-14,17-18H2,1-2H3. The molecule has 0 saturated heterocycles. The zero-order valence-electron chi connectivity index (χ0n) is 26.6. The first kappa shape index (κ1) is 38.9. The molecular weight excluding hydrogens is 749 g/mol. The predicted octanol–water partition coefficient (Wildman–Crippen LogP) is 11.2. The van der Waals surface area contributed by atoms with Gasteiger partial charge < -0.3 is 18.9 Å². The molecule has 262 valence electrons. The van der Waals surface area contributed by atoms with Crippen LogP contribution in [0.3, 0.4) is 0 Å². The van der Waals surface area contributed by atoms with E-state index in [1.54, 1.807) is 0 Å². The van der Waals surface area contributed by atoms with Crippen LogP contribution in [-0.4, -0.2) is 37.1 Å². The highest BCUT2D eigenvalue weighted by molar-refractivity contribution is 6.47. The van der Waals surface area contributed by atoms with Gasteiger partial charge in [0.2, 0.25) is 0 Å². The summed E-state index contributed by atoms with van der Waals surface area (Å²) in [6, 6.07) is 2.28. The van der Waals surface area contributed by atoms with Crippen molar-refractivity contribution < 1.29 is 38.1 Å². The number of halogens is 6. The van der Waals surface area contributed by atoms with Crippen LogP contribution in [0, 0.1) is 10.8 Å². The molecule has 0 unspecified atom stereocenters. The smallest absolute Gasteiger partial charge is 0.423 e. The summed E-state index contributed by atoms with van der Waals surface area (Å²) in [6.45, 7) is 4.46. The van der Waals surface area contributed by atoms with Crippen LogP contribution in [-0.2, 0) is 19.1 Å². The van der Waals surface area contributed by atoms with E-state index in [0.29, 0.717) is 0 Å². The number of unbranched alkanes of at least 4 members (excludes halogenated alkanes) is 4. The van der Waals surface area contributed by atoms with Crippen LogP contribution in [0.1, 0.15) is 112 Å². The Morgan fingerprint density at radius 3 is 1.25 bits per heavy atom. The first-order valence-electron chi connectivity index (χ1n) is 15.9. The van der Waals surface area contributed by atoms with Crippen molar-refractivity contribution in [2.75, 3.05) is 13.2 Å². The molecule has 0 radical (unpaired) electrons. The van der Waals surface area contributed by atoms with Crippen molar-refractivity contribution in [3.8, 4) is 11.5 Å². The summed E-state index contributed by atoms with van der Waals surface area (Å²) in [5, 5.41) is -1.40. The first-order chi connectivity index (χ1) is 22.8. The van der Waals surface area contributed by atoms with Crippen LogP contribution in [0.2, 0.25) is 30.1 Å². The van der Waals surface area contributed by atoms with E-state index in [0.717, 1.165) is 89.2 Å². The Morgan fingerprint density at radius 2 is 0.938 bits per heavy atom. The lowest BCUT2D eigenvalue weighted by Crippen LogP contribution is -2.28. The lowest BCUT2D eigenvalue weighted by molar-refractivity contribution is -0.156. The van der Waals surface area contributed by atoms with Crippen molar-refractivity contribution in [1.82, 2.24) is 0 Å². The Balaban J connectivity index is 1.50. The van der Waals surface area contributed by atoms with E-state index in [9.17, 15) is 19.2 Å². The normalized spacial score (nSPS) is 15.4. The number of ether oxygens (including phenoxy) is 4. The number of carbonyl (C=O) groups excluding carboxylic acids is 4. The van der Waals surface area contributed by atoms with Gasteiger partial charge in [0, 0.05) is 10.8 Å². The molecule has 0 aliphatic heterocycles. The van der Waals surface area contributed by atoms with E-state index in [1.807, 2.05) is 0 Å². The summed E-state index contributed by atoms with van der Waals surface area (Å²) in [7, 11) is 0. The fourth-order valence-electron chi connectivity index (χ4n) is 5.36. The summed E-state index contributed by atoms with van der Waals surface area (Å²) in [6.07, 6.45) is 11.7. The summed E-state index contributed by atoms with van der Waals surface area (Å²) in [5.74, 6) is -6.27. The van der Waals surface area contributed by atoms with E-state index in [1.165, 1.54) is 0 Å². The van der Waals surface area contributed by atoms with Crippen molar-refractivity contribution in [3.05, 3.63) is 53.4 Å². The van der Waals surface area contributed by atoms with Crippen molar-refractivity contribution in [2.24, 2.45) is 10.8 Å². The molecule has 4 rings (SSSR count). The Kier molecular flexibility index (Phi) is 13.6. The topological polar surface area (TPSA) is 105 Å². The highest BCUT2D eigenvalue weighted by atomic mass is 35.5. The largest absolute Gasteiger partial charge is 0.461 e. The molecule has 0 N–H and O–H groups in total. The second-order valence-electron chi connectivity index (χ2n) is 12.6. The molecule has 2 saturated carbocycles. The minimum atomic E-state index is -1.63. The van der Waals surface area contributed by atoms with Gasteiger partial charge in [0.05, 0.1) is 43.3 Å². The van der Waals surface area contributed by atoms with Crippen LogP contribution in [0.4, 0.5) is 0 Å². The molecule has 0 bridgehead atoms. The van der Waals surface area contributed by atoms with E-state index < -0.39 is 46.5 Å². The second-order valence-corrected chi connectivity index (χ2v) is 14.9. The molecule has 0 aromatic heterocycles. The Morgan fingerprint density at radius 1 is 0.583 bits per heavy atom. The third-order valence-electron chi connectivity index (χ3n) is 8.77. The van der Waals surface area contributed by atoms with Gasteiger partial charge >= 0.3 is 23.9 Å². The number of esters is 4. The lowest BCUT2D eigenvalue weighted by Gasteiger charge is -2.18. The number of benzene rings is 2. The van der Waals surface area contributed by atoms with Gasteiger partial charge in [0.15, 0.2) is 11.5 Å². The van der Waals surface area contributed by atoms with Gasteiger partial charge in [-0.25, -0.2) is 19.2 Å². The zero-order valence-corrected chi connectivity index (χ0v) is 31.1. The fourth-order valence-corrected chi connectivity index (χ4v) is 6.80. The van der Waals surface area contributed by atoms with Crippen LogP contribution in [0.25, 0.3) is 0 Å². The lowest BCUT2D eigenvalue weighted by atomic mass is 9.99. The van der Waals surface area contributed by atoms with Gasteiger partial charge in [0.1, 0.15) is 11.1 Å². The maximum Gasteiger partial charge on any atom is 0.423 e. The Hall–Kier alpha value is -1.94. The third-order valence-corrected chi connectivity index (χ3v) is 10.9. The molecule has 0 heterocycles. The molecule has 2 aromatic carbocycles. The molecule has 48 heavy (non-hydrogen) atoms. The van der Waals surface area contributed by atoms with E-state index >= 15 is 0 Å². The van der Waals surface area contributed by atoms with Crippen LogP contribution in [0.15, 0.2) is 12.1 Å². The average Bonchev–Trinajstić information content (AvgIpc) is 3.98. The minimum absolute atomic E-state index is 0.107. The van der Waals surface area contributed by atoms with Gasteiger partial charge in [-0.2, -0.15) is 0 Å². The maximum atomic E-state index is 13.3. The number of rotatable bonds is 16. The van der Waals surface area contributed by atoms with E-state index in [4.69, 9.17) is 88.6 Å². The van der Waals surface area contributed by atoms with Crippen LogP contribution >= 0.6 is 69.6 Å². The molecule has 0 amide bonds. The second kappa shape index (κ2) is 16.8. The molecule has 14 heteroatoms. The van der Waals surface area contributed by atoms with E-state index in [-0.39, 0.29) is 54.2 Å². The fraction of sp³-hybridized carbons (Fsp3) is 0.529. The zero-order chi connectivity index (χ0) is 35.2. The first-order valence-corrected chi connectivity index (χ1v) is 18.2. The number of hydrogen-bond acceptors (Lipinski definition) is 8. The van der Waals surface area contributed by atoms with Gasteiger partial charge in [0.25, 0.3) is 0 Å². The van der Waals surface area contributed by atoms with Gasteiger partial charge in [-0.05, 0) is 50.7 Å². The average molecular weight is 785 g/mol. The number of hydrogen-bond donors (Lipinski definition) is 0. The summed E-state index contributed by atoms with van der Waals surface area (Å²) >= 11 is 37.6. The van der Waals surface area contributed by atoms with Crippen molar-refractivity contribution in [3.63, 3.8) is 0 Å². The quantitative estimate of drug-likeness (QED) is 0.0545. The van der Waals surface area contributed by atoms with Gasteiger partial charge in [-0.3, -0.25) is 0 Å². The molecule has 2 aliphatic rings. The van der Waals surface area contributed by atoms with Gasteiger partial charge in [-0.1, -0.05) is 122 Å². The summed E-state index contributed by atoms with van der Waals surface area (Å²) in [5.41, 5.74) is -1.12. The minimum Gasteiger partial charge on any atom is -0.461 e. The van der Waals surface area contributed by atoms with Crippen molar-refractivity contribution in [1.29, 1.82) is 0 Å². The highest BCUT2D eigenvalue weighted by Gasteiger charge is 2.44. The Labute approximate surface area is 309 Å². The Bertz CT molecular complexity index is 1450. The highest BCUT2D eigenvalue weighted by Crippen LogP contribution is 2.51. The monoisotopic (exact) mass is 782 g/mol. The maximum absolute atomic E-state index is 13.3. The van der Waals surface area contributed by atoms with Crippen molar-refractivity contribution >= 4 is 93.5 Å². The van der Waals surface area contributed by atoms with Gasteiger partial charge in [-0.15, -0.1) is 0 Å². The molecule has 2 aromatic rings. The van der Waals surface area contributed by atoms with Crippen LogP contribution < -0.4 is 9.47 Å². The third kappa shape index (κ3) is 9.64. The molecule has 0 atom stereocenters. The summed E-state index contributed by atoms with van der Waals surface area (Å²) < 4.78 is 21.6. The van der Waals surface area contributed by atoms with E-state index in [2.05, 4.69) is 13.8 Å². The molecular formula is C34H36Cl6O8. The SMILES string of the molecule is CCCCCC1(COC(=O)c2c(Cl)c(Cl)cc(Cl)c2OC(=O)C(=O)Oc2c(Cl)cc(Cl)c(Cl)c2C(=O)OCC2(CCCCC)CC2)CC1. The van der Waals surface area contributed by atoms with Crippen molar-refractivity contribution in [2.45, 2.75) is 90.9 Å². The summed E-state index contributed by atoms with van der Waals surface area (Å²) in [4.78, 5) is 52.6. The molecule has 0 spiro atoms.